The Morgan fingerprint density at radius 1 is 1.48 bits per heavy atom. The zero-order chi connectivity index (χ0) is 15.6. The van der Waals surface area contributed by atoms with Gasteiger partial charge in [0, 0.05) is 12.6 Å². The Kier molecular flexibility index (Phi) is 4.75. The van der Waals surface area contributed by atoms with Crippen molar-refractivity contribution in [3.63, 3.8) is 0 Å². The lowest BCUT2D eigenvalue weighted by Crippen LogP contribution is -2.43. The van der Waals surface area contributed by atoms with E-state index >= 15 is 0 Å². The van der Waals surface area contributed by atoms with Crippen molar-refractivity contribution in [3.8, 4) is 0 Å². The number of halogens is 1. The van der Waals surface area contributed by atoms with Crippen molar-refractivity contribution >= 4 is 33.0 Å². The Morgan fingerprint density at radius 2 is 2.19 bits per heavy atom. The number of hydrogen-bond acceptors (Lipinski definition) is 5. The minimum absolute atomic E-state index is 0.0535. The van der Waals surface area contributed by atoms with Crippen molar-refractivity contribution in [1.82, 2.24) is 4.90 Å². The molecule has 0 spiro atoms. The number of anilines is 1. The Bertz CT molecular complexity index is 648. The number of benzene rings is 1. The van der Waals surface area contributed by atoms with E-state index in [1.807, 2.05) is 0 Å². The lowest BCUT2D eigenvalue weighted by molar-refractivity contribution is 0.0656. The maximum Gasteiger partial charge on any atom is 0.256 e. The molecule has 1 amide bonds. The Labute approximate surface area is 128 Å². The van der Waals surface area contributed by atoms with Gasteiger partial charge in [-0.1, -0.05) is 17.7 Å². The van der Waals surface area contributed by atoms with Gasteiger partial charge >= 0.3 is 0 Å². The summed E-state index contributed by atoms with van der Waals surface area (Å²) in [5.74, 6) is -0.442. The van der Waals surface area contributed by atoms with Crippen LogP contribution in [0.2, 0.25) is 5.02 Å². The molecular weight excluding hydrogens is 316 g/mol. The van der Waals surface area contributed by atoms with Crippen molar-refractivity contribution in [3.05, 3.63) is 28.8 Å². The summed E-state index contributed by atoms with van der Waals surface area (Å²) in [4.78, 5) is 14.0. The second-order valence-electron chi connectivity index (χ2n) is 4.98. The smallest absolute Gasteiger partial charge is 0.256 e. The molecule has 6 nitrogen and oxygen atoms in total. The van der Waals surface area contributed by atoms with E-state index in [-0.39, 0.29) is 40.9 Å². The second kappa shape index (κ2) is 6.21. The summed E-state index contributed by atoms with van der Waals surface area (Å²) < 4.78 is 23.2. The summed E-state index contributed by atoms with van der Waals surface area (Å²) in [5, 5.41) is 9.41. The summed E-state index contributed by atoms with van der Waals surface area (Å²) in [5.41, 5.74) is 6.19. The van der Waals surface area contributed by atoms with Crippen LogP contribution >= 0.6 is 11.6 Å². The molecule has 1 saturated heterocycles. The Hall–Kier alpha value is -1.31. The van der Waals surface area contributed by atoms with E-state index in [1.54, 1.807) is 12.1 Å². The van der Waals surface area contributed by atoms with E-state index in [1.165, 1.54) is 11.0 Å². The molecule has 1 heterocycles. The van der Waals surface area contributed by atoms with Gasteiger partial charge in [-0.05, 0) is 18.6 Å². The number of carbonyl (C=O) groups is 1. The minimum Gasteiger partial charge on any atom is -0.397 e. The molecule has 1 fully saturated rings. The highest BCUT2D eigenvalue weighted by Gasteiger charge is 2.35. The molecular formula is C13H17ClN2O4S. The fourth-order valence-electron chi connectivity index (χ4n) is 2.46. The summed E-state index contributed by atoms with van der Waals surface area (Å²) >= 11 is 5.90. The molecule has 116 valence electrons. The first-order valence-electron chi connectivity index (χ1n) is 6.52. The van der Waals surface area contributed by atoms with E-state index in [9.17, 15) is 13.2 Å². The zero-order valence-corrected chi connectivity index (χ0v) is 12.9. The van der Waals surface area contributed by atoms with Crippen LogP contribution < -0.4 is 5.73 Å². The van der Waals surface area contributed by atoms with Crippen molar-refractivity contribution in [2.24, 2.45) is 0 Å². The summed E-state index contributed by atoms with van der Waals surface area (Å²) in [7, 11) is -3.13. The maximum absolute atomic E-state index is 12.6. The summed E-state index contributed by atoms with van der Waals surface area (Å²) in [6.45, 7) is -0.187. The molecule has 2 rings (SSSR count). The van der Waals surface area contributed by atoms with E-state index in [0.717, 1.165) is 0 Å². The van der Waals surface area contributed by atoms with Crippen LogP contribution in [0.25, 0.3) is 0 Å². The fourth-order valence-corrected chi connectivity index (χ4v) is 4.36. The highest BCUT2D eigenvalue weighted by atomic mass is 35.5. The largest absolute Gasteiger partial charge is 0.397 e. The number of amides is 1. The molecule has 8 heteroatoms. The second-order valence-corrected chi connectivity index (χ2v) is 7.62. The number of nitrogens with two attached hydrogens (primary N) is 1. The van der Waals surface area contributed by atoms with Gasteiger partial charge in [-0.3, -0.25) is 4.79 Å². The molecule has 0 aliphatic carbocycles. The molecule has 0 saturated carbocycles. The molecule has 21 heavy (non-hydrogen) atoms. The molecule has 1 atom stereocenters. The van der Waals surface area contributed by atoms with Crippen molar-refractivity contribution in [2.75, 3.05) is 30.4 Å². The van der Waals surface area contributed by atoms with Crippen LogP contribution in [0.3, 0.4) is 0 Å². The Morgan fingerprint density at radius 3 is 2.76 bits per heavy atom. The van der Waals surface area contributed by atoms with Gasteiger partial charge in [-0.15, -0.1) is 0 Å². The third-order valence-electron chi connectivity index (χ3n) is 3.53. The van der Waals surface area contributed by atoms with E-state index in [4.69, 9.17) is 22.4 Å². The Balaban J connectivity index is 2.30. The average molecular weight is 333 g/mol. The number of rotatable bonds is 4. The van der Waals surface area contributed by atoms with Crippen LogP contribution in [0.4, 0.5) is 5.69 Å². The summed E-state index contributed by atoms with van der Waals surface area (Å²) in [6, 6.07) is 4.28. The number of aliphatic hydroxyl groups is 1. The van der Waals surface area contributed by atoms with Gasteiger partial charge in [0.25, 0.3) is 5.91 Å². The monoisotopic (exact) mass is 332 g/mol. The van der Waals surface area contributed by atoms with Gasteiger partial charge in [0.2, 0.25) is 0 Å². The third kappa shape index (κ3) is 3.48. The minimum atomic E-state index is -3.13. The van der Waals surface area contributed by atoms with Gasteiger partial charge in [0.1, 0.15) is 0 Å². The number of hydrogen-bond donors (Lipinski definition) is 2. The highest BCUT2D eigenvalue weighted by Crippen LogP contribution is 2.26. The van der Waals surface area contributed by atoms with Crippen LogP contribution in [0, 0.1) is 0 Å². The third-order valence-corrected chi connectivity index (χ3v) is 5.61. The fraction of sp³-hybridized carbons (Fsp3) is 0.462. The van der Waals surface area contributed by atoms with E-state index in [0.29, 0.717) is 6.42 Å². The first-order chi connectivity index (χ1) is 9.85. The van der Waals surface area contributed by atoms with E-state index in [2.05, 4.69) is 0 Å². The molecule has 1 aliphatic rings. The number of nitrogen functional groups attached to an aromatic ring is 1. The molecule has 0 bridgehead atoms. The first-order valence-corrected chi connectivity index (χ1v) is 8.72. The number of sulfone groups is 1. The van der Waals surface area contributed by atoms with Crippen molar-refractivity contribution < 1.29 is 18.3 Å². The standard InChI is InChI=1S/C13H17ClN2O4S/c14-11-3-1-2-10(12(11)15)13(18)16(5-6-17)9-4-7-21(19,20)8-9/h1-3,9,17H,4-8,15H2. The predicted octanol–water partition coefficient (Wildman–Crippen LogP) is 0.544. The van der Waals surface area contributed by atoms with Crippen LogP contribution in [0.15, 0.2) is 18.2 Å². The molecule has 1 aromatic carbocycles. The molecule has 1 unspecified atom stereocenters. The SMILES string of the molecule is Nc1c(Cl)cccc1C(=O)N(CCO)C1CCS(=O)(=O)C1. The first kappa shape index (κ1) is 16.1. The molecule has 3 N–H and O–H groups in total. The van der Waals surface area contributed by atoms with Gasteiger partial charge < -0.3 is 15.7 Å². The van der Waals surface area contributed by atoms with E-state index < -0.39 is 21.8 Å². The summed E-state index contributed by atoms with van der Waals surface area (Å²) in [6.07, 6.45) is 0.370. The molecule has 0 aromatic heterocycles. The number of nitrogens with zero attached hydrogens (tertiary/aromatic N) is 1. The van der Waals surface area contributed by atoms with Gasteiger partial charge in [0.15, 0.2) is 9.84 Å². The predicted molar refractivity (Wildman–Crippen MR) is 81.0 cm³/mol. The van der Waals surface area contributed by atoms with Gasteiger partial charge in [-0.2, -0.15) is 0 Å². The lowest BCUT2D eigenvalue weighted by atomic mass is 10.1. The topological polar surface area (TPSA) is 101 Å². The lowest BCUT2D eigenvalue weighted by Gasteiger charge is -2.28. The number of carbonyl (C=O) groups excluding carboxylic acids is 1. The quantitative estimate of drug-likeness (QED) is 0.784. The van der Waals surface area contributed by atoms with Crippen LogP contribution in [-0.2, 0) is 9.84 Å². The maximum atomic E-state index is 12.6. The van der Waals surface area contributed by atoms with Crippen LogP contribution in [-0.4, -0.2) is 55.0 Å². The van der Waals surface area contributed by atoms with Gasteiger partial charge in [-0.25, -0.2) is 8.42 Å². The van der Waals surface area contributed by atoms with Crippen LogP contribution in [0.1, 0.15) is 16.8 Å². The molecule has 0 radical (unpaired) electrons. The molecule has 1 aliphatic heterocycles. The van der Waals surface area contributed by atoms with Gasteiger partial charge in [0.05, 0.1) is 34.4 Å². The highest BCUT2D eigenvalue weighted by molar-refractivity contribution is 7.91. The molecule has 1 aromatic rings. The number of para-hydroxylation sites is 1. The van der Waals surface area contributed by atoms with Crippen molar-refractivity contribution in [1.29, 1.82) is 0 Å². The number of aliphatic hydroxyl groups excluding tert-OH is 1. The zero-order valence-electron chi connectivity index (χ0n) is 11.3. The average Bonchev–Trinajstić information content (AvgIpc) is 2.78. The van der Waals surface area contributed by atoms with Crippen molar-refractivity contribution in [2.45, 2.75) is 12.5 Å². The normalized spacial score (nSPS) is 20.4. The van der Waals surface area contributed by atoms with Crippen LogP contribution in [0.5, 0.6) is 0 Å².